The molecular weight excluding hydrogens is 150 g/mol. The summed E-state index contributed by atoms with van der Waals surface area (Å²) in [6, 6.07) is 0.519. The average Bonchev–Trinajstić information content (AvgIpc) is 2.02. The Bertz CT molecular complexity index is 163. The smallest absolute Gasteiger partial charge is 0.152 e. The number of rotatable bonds is 5. The Morgan fingerprint density at radius 3 is 2.58 bits per heavy atom. The Morgan fingerprint density at radius 2 is 2.17 bits per heavy atom. The number of ketones is 1. The van der Waals surface area contributed by atoms with Crippen LogP contribution in [0.5, 0.6) is 0 Å². The summed E-state index contributed by atoms with van der Waals surface area (Å²) in [4.78, 5) is 12.8. The first-order valence-electron chi connectivity index (χ1n) is 4.45. The normalized spacial score (nSPS) is 14.1. The van der Waals surface area contributed by atoms with Gasteiger partial charge in [-0.3, -0.25) is 4.79 Å². The van der Waals surface area contributed by atoms with Crippen molar-refractivity contribution in [3.63, 3.8) is 0 Å². The second kappa shape index (κ2) is 5.95. The van der Waals surface area contributed by atoms with Gasteiger partial charge >= 0.3 is 0 Å². The largest absolute Gasteiger partial charge is 0.304 e. The van der Waals surface area contributed by atoms with Crippen LogP contribution < -0.4 is 0 Å². The van der Waals surface area contributed by atoms with Gasteiger partial charge in [-0.15, -0.1) is 0 Å². The van der Waals surface area contributed by atoms with E-state index in [1.807, 2.05) is 6.08 Å². The standard InChI is InChI=1S/C10H19NO/c1-5-11(4)9(2)7-6-8-10(3)12/h6,8-9H,5,7H2,1-4H3/b8-6+. The molecule has 0 rings (SSSR count). The van der Waals surface area contributed by atoms with Gasteiger partial charge < -0.3 is 4.90 Å². The molecule has 0 spiro atoms. The maximum atomic E-state index is 10.6. The van der Waals surface area contributed by atoms with E-state index in [0.717, 1.165) is 13.0 Å². The van der Waals surface area contributed by atoms with Crippen LogP contribution in [0.15, 0.2) is 12.2 Å². The Labute approximate surface area is 75.3 Å². The molecule has 0 N–H and O–H groups in total. The molecule has 2 heteroatoms. The second-order valence-electron chi connectivity index (χ2n) is 3.17. The quantitative estimate of drug-likeness (QED) is 0.585. The van der Waals surface area contributed by atoms with Crippen molar-refractivity contribution >= 4 is 5.78 Å². The van der Waals surface area contributed by atoms with Gasteiger partial charge in [0, 0.05) is 6.04 Å². The van der Waals surface area contributed by atoms with Gasteiger partial charge in [0.1, 0.15) is 0 Å². The zero-order valence-corrected chi connectivity index (χ0v) is 8.50. The SMILES string of the molecule is CCN(C)C(C)C/C=C/C(C)=O. The van der Waals surface area contributed by atoms with Crippen LogP contribution in [0.3, 0.4) is 0 Å². The fourth-order valence-electron chi connectivity index (χ4n) is 0.923. The molecule has 1 atom stereocenters. The summed E-state index contributed by atoms with van der Waals surface area (Å²) in [6.07, 6.45) is 4.53. The van der Waals surface area contributed by atoms with E-state index in [2.05, 4.69) is 25.8 Å². The molecule has 0 fully saturated rings. The second-order valence-corrected chi connectivity index (χ2v) is 3.17. The van der Waals surface area contributed by atoms with Gasteiger partial charge in [-0.1, -0.05) is 13.0 Å². The molecule has 2 nitrogen and oxygen atoms in total. The summed E-state index contributed by atoms with van der Waals surface area (Å²) in [7, 11) is 2.09. The number of hydrogen-bond acceptors (Lipinski definition) is 2. The molecule has 70 valence electrons. The fraction of sp³-hybridized carbons (Fsp3) is 0.700. The third-order valence-corrected chi connectivity index (χ3v) is 2.08. The molecule has 0 radical (unpaired) electrons. The van der Waals surface area contributed by atoms with Gasteiger partial charge in [0.25, 0.3) is 0 Å². The highest BCUT2D eigenvalue weighted by molar-refractivity contribution is 5.87. The molecule has 0 bridgehead atoms. The maximum Gasteiger partial charge on any atom is 0.152 e. The lowest BCUT2D eigenvalue weighted by Crippen LogP contribution is -2.28. The lowest BCUT2D eigenvalue weighted by molar-refractivity contribution is -0.112. The number of hydrogen-bond donors (Lipinski definition) is 0. The minimum atomic E-state index is 0.126. The summed E-state index contributed by atoms with van der Waals surface area (Å²) < 4.78 is 0. The Hall–Kier alpha value is -0.630. The molecule has 0 aliphatic carbocycles. The van der Waals surface area contributed by atoms with Crippen LogP contribution in [0.25, 0.3) is 0 Å². The van der Waals surface area contributed by atoms with Crippen molar-refractivity contribution < 1.29 is 4.79 Å². The third-order valence-electron chi connectivity index (χ3n) is 2.08. The molecule has 12 heavy (non-hydrogen) atoms. The van der Waals surface area contributed by atoms with E-state index >= 15 is 0 Å². The van der Waals surface area contributed by atoms with Crippen LogP contribution in [-0.4, -0.2) is 30.3 Å². The van der Waals surface area contributed by atoms with E-state index in [1.54, 1.807) is 13.0 Å². The van der Waals surface area contributed by atoms with Gasteiger partial charge in [0.05, 0.1) is 0 Å². The molecule has 0 aliphatic rings. The number of carbonyl (C=O) groups is 1. The molecular formula is C10H19NO. The number of nitrogens with zero attached hydrogens (tertiary/aromatic N) is 1. The predicted octanol–water partition coefficient (Wildman–Crippen LogP) is 1.86. The van der Waals surface area contributed by atoms with Crippen LogP contribution in [-0.2, 0) is 4.79 Å². The van der Waals surface area contributed by atoms with Crippen LogP contribution in [0.1, 0.15) is 27.2 Å². The molecule has 0 saturated carbocycles. The van der Waals surface area contributed by atoms with Crippen LogP contribution >= 0.6 is 0 Å². The highest BCUT2D eigenvalue weighted by Gasteiger charge is 2.03. The number of allylic oxidation sites excluding steroid dienone is 1. The summed E-state index contributed by atoms with van der Waals surface area (Å²) in [6.45, 7) is 6.92. The highest BCUT2D eigenvalue weighted by atomic mass is 16.1. The summed E-state index contributed by atoms with van der Waals surface area (Å²) in [5, 5.41) is 0. The average molecular weight is 169 g/mol. The lowest BCUT2D eigenvalue weighted by Gasteiger charge is -2.21. The van der Waals surface area contributed by atoms with Gasteiger partial charge in [0.15, 0.2) is 5.78 Å². The Kier molecular flexibility index (Phi) is 5.64. The van der Waals surface area contributed by atoms with E-state index in [-0.39, 0.29) is 5.78 Å². The van der Waals surface area contributed by atoms with Crippen molar-refractivity contribution in [2.75, 3.05) is 13.6 Å². The molecule has 0 saturated heterocycles. The molecule has 0 heterocycles. The van der Waals surface area contributed by atoms with Crippen molar-refractivity contribution in [3.8, 4) is 0 Å². The molecule has 0 aromatic rings. The fourth-order valence-corrected chi connectivity index (χ4v) is 0.923. The Morgan fingerprint density at radius 1 is 1.58 bits per heavy atom. The van der Waals surface area contributed by atoms with E-state index in [9.17, 15) is 4.79 Å². The first-order valence-corrected chi connectivity index (χ1v) is 4.45. The van der Waals surface area contributed by atoms with Gasteiger partial charge in [-0.05, 0) is 39.9 Å². The Balaban J connectivity index is 3.70. The zero-order chi connectivity index (χ0) is 9.56. The van der Waals surface area contributed by atoms with Crippen molar-refractivity contribution in [2.24, 2.45) is 0 Å². The molecule has 1 unspecified atom stereocenters. The van der Waals surface area contributed by atoms with Crippen molar-refractivity contribution in [1.29, 1.82) is 0 Å². The van der Waals surface area contributed by atoms with E-state index < -0.39 is 0 Å². The van der Waals surface area contributed by atoms with E-state index in [1.165, 1.54) is 0 Å². The van der Waals surface area contributed by atoms with Gasteiger partial charge in [-0.2, -0.15) is 0 Å². The van der Waals surface area contributed by atoms with E-state index in [0.29, 0.717) is 6.04 Å². The van der Waals surface area contributed by atoms with Gasteiger partial charge in [0.2, 0.25) is 0 Å². The number of carbonyl (C=O) groups excluding carboxylic acids is 1. The predicted molar refractivity (Wildman–Crippen MR) is 52.2 cm³/mol. The van der Waals surface area contributed by atoms with Crippen LogP contribution in [0, 0.1) is 0 Å². The summed E-state index contributed by atoms with van der Waals surface area (Å²) in [5.41, 5.74) is 0. The van der Waals surface area contributed by atoms with Gasteiger partial charge in [-0.25, -0.2) is 0 Å². The molecule has 0 aromatic heterocycles. The summed E-state index contributed by atoms with van der Waals surface area (Å²) >= 11 is 0. The lowest BCUT2D eigenvalue weighted by atomic mass is 10.2. The third kappa shape index (κ3) is 5.08. The van der Waals surface area contributed by atoms with Crippen molar-refractivity contribution in [3.05, 3.63) is 12.2 Å². The minimum Gasteiger partial charge on any atom is -0.304 e. The topological polar surface area (TPSA) is 20.3 Å². The maximum absolute atomic E-state index is 10.6. The summed E-state index contributed by atoms with van der Waals surface area (Å²) in [5.74, 6) is 0.126. The first-order chi connectivity index (χ1) is 5.57. The molecule has 0 amide bonds. The molecule has 0 aromatic carbocycles. The minimum absolute atomic E-state index is 0.126. The zero-order valence-electron chi connectivity index (χ0n) is 8.50. The van der Waals surface area contributed by atoms with E-state index in [4.69, 9.17) is 0 Å². The highest BCUT2D eigenvalue weighted by Crippen LogP contribution is 2.00. The first kappa shape index (κ1) is 11.4. The van der Waals surface area contributed by atoms with Crippen molar-refractivity contribution in [1.82, 2.24) is 4.90 Å². The van der Waals surface area contributed by atoms with Crippen LogP contribution in [0.2, 0.25) is 0 Å². The monoisotopic (exact) mass is 169 g/mol. The molecule has 0 aliphatic heterocycles. The van der Waals surface area contributed by atoms with Crippen LogP contribution in [0.4, 0.5) is 0 Å². The van der Waals surface area contributed by atoms with Crippen molar-refractivity contribution in [2.45, 2.75) is 33.2 Å².